The number of aryl methyl sites for hydroxylation is 1. The summed E-state index contributed by atoms with van der Waals surface area (Å²) < 4.78 is 22.2. The van der Waals surface area contributed by atoms with E-state index in [0.717, 1.165) is 11.4 Å². The van der Waals surface area contributed by atoms with E-state index < -0.39 is 9.84 Å². The smallest absolute Gasteiger partial charge is 0.154 e. The number of hydrogen-bond donors (Lipinski definition) is 1. The van der Waals surface area contributed by atoms with Crippen molar-refractivity contribution in [3.05, 3.63) is 23.3 Å². The number of rotatable bonds is 4. The largest absolute Gasteiger partial charge is 0.330 e. The van der Waals surface area contributed by atoms with E-state index in [1.54, 1.807) is 0 Å². The molecule has 0 saturated carbocycles. The molecule has 5 nitrogen and oxygen atoms in total. The van der Waals surface area contributed by atoms with Crippen LogP contribution >= 0.6 is 0 Å². The molecule has 0 aliphatic rings. The quantitative estimate of drug-likeness (QED) is 0.774. The lowest BCUT2D eigenvalue weighted by Crippen LogP contribution is -2.10. The van der Waals surface area contributed by atoms with Gasteiger partial charge in [0, 0.05) is 24.1 Å². The molecular formula is C9H15N3O2S. The van der Waals surface area contributed by atoms with Crippen LogP contribution in [0.25, 0.3) is 0 Å². The van der Waals surface area contributed by atoms with E-state index in [1.165, 1.54) is 6.26 Å². The average molecular weight is 229 g/mol. The molecule has 1 rings (SSSR count). The first kappa shape index (κ1) is 12.1. The molecule has 0 bridgehead atoms. The van der Waals surface area contributed by atoms with Gasteiger partial charge in [0.25, 0.3) is 0 Å². The first-order valence-electron chi connectivity index (χ1n) is 4.62. The maximum absolute atomic E-state index is 11.1. The highest BCUT2D eigenvalue weighted by molar-refractivity contribution is 7.89. The third kappa shape index (κ3) is 4.35. The molecule has 0 fully saturated rings. The lowest BCUT2D eigenvalue weighted by atomic mass is 10.2. The molecule has 0 aromatic carbocycles. The minimum Gasteiger partial charge on any atom is -0.330 e. The first-order chi connectivity index (χ1) is 6.90. The molecule has 15 heavy (non-hydrogen) atoms. The summed E-state index contributed by atoms with van der Waals surface area (Å²) in [6.07, 6.45) is 1.81. The van der Waals surface area contributed by atoms with Crippen molar-refractivity contribution >= 4 is 9.84 Å². The molecular weight excluding hydrogens is 214 g/mol. The topological polar surface area (TPSA) is 85.9 Å². The molecule has 0 aliphatic heterocycles. The van der Waals surface area contributed by atoms with Crippen LogP contribution < -0.4 is 5.73 Å². The zero-order valence-electron chi connectivity index (χ0n) is 8.90. The van der Waals surface area contributed by atoms with Crippen LogP contribution in [0.2, 0.25) is 0 Å². The molecule has 2 N–H and O–H groups in total. The minimum absolute atomic E-state index is 0.119. The van der Waals surface area contributed by atoms with E-state index in [0.29, 0.717) is 18.8 Å². The standard InChI is InChI=1S/C9H15N3O2S/c1-7-5-8(3-4-10)12-9(11-7)6-15(2,13)14/h5H,3-4,6,10H2,1-2H3. The molecule has 84 valence electrons. The monoisotopic (exact) mass is 229 g/mol. The van der Waals surface area contributed by atoms with Crippen molar-refractivity contribution in [2.24, 2.45) is 5.73 Å². The van der Waals surface area contributed by atoms with Crippen molar-refractivity contribution < 1.29 is 8.42 Å². The van der Waals surface area contributed by atoms with Crippen LogP contribution in [0.5, 0.6) is 0 Å². The molecule has 0 saturated heterocycles. The number of aromatic nitrogens is 2. The van der Waals surface area contributed by atoms with Crippen LogP contribution in [0, 0.1) is 6.92 Å². The van der Waals surface area contributed by atoms with Crippen molar-refractivity contribution in [2.75, 3.05) is 12.8 Å². The SMILES string of the molecule is Cc1cc(CCN)nc(CS(C)(=O)=O)n1. The van der Waals surface area contributed by atoms with Gasteiger partial charge in [-0.15, -0.1) is 0 Å². The highest BCUT2D eigenvalue weighted by atomic mass is 32.2. The predicted molar refractivity (Wildman–Crippen MR) is 58.1 cm³/mol. The van der Waals surface area contributed by atoms with Crippen molar-refractivity contribution in [2.45, 2.75) is 19.1 Å². The van der Waals surface area contributed by atoms with Gasteiger partial charge in [-0.1, -0.05) is 0 Å². The molecule has 0 unspecified atom stereocenters. The summed E-state index contributed by atoms with van der Waals surface area (Å²) in [5, 5.41) is 0. The molecule has 0 spiro atoms. The van der Waals surface area contributed by atoms with Crippen molar-refractivity contribution in [1.29, 1.82) is 0 Å². The van der Waals surface area contributed by atoms with E-state index in [9.17, 15) is 8.42 Å². The predicted octanol–water partition coefficient (Wildman–Crippen LogP) is -0.169. The normalized spacial score (nSPS) is 11.7. The molecule has 1 heterocycles. The highest BCUT2D eigenvalue weighted by Crippen LogP contribution is 2.04. The summed E-state index contributed by atoms with van der Waals surface area (Å²) in [4.78, 5) is 8.21. The highest BCUT2D eigenvalue weighted by Gasteiger charge is 2.08. The zero-order chi connectivity index (χ0) is 11.5. The number of nitrogens with two attached hydrogens (primary N) is 1. The summed E-state index contributed by atoms with van der Waals surface area (Å²) in [5.74, 6) is 0.229. The summed E-state index contributed by atoms with van der Waals surface area (Å²) in [5.41, 5.74) is 6.97. The van der Waals surface area contributed by atoms with E-state index in [4.69, 9.17) is 5.73 Å². The Morgan fingerprint density at radius 1 is 1.40 bits per heavy atom. The van der Waals surface area contributed by atoms with Crippen LogP contribution in [-0.4, -0.2) is 31.2 Å². The van der Waals surface area contributed by atoms with Crippen molar-refractivity contribution in [3.8, 4) is 0 Å². The van der Waals surface area contributed by atoms with Gasteiger partial charge >= 0.3 is 0 Å². The number of sulfone groups is 1. The van der Waals surface area contributed by atoms with Gasteiger partial charge in [0.2, 0.25) is 0 Å². The molecule has 0 atom stereocenters. The Morgan fingerprint density at radius 3 is 2.60 bits per heavy atom. The number of nitrogens with zero attached hydrogens (tertiary/aromatic N) is 2. The Morgan fingerprint density at radius 2 is 2.07 bits per heavy atom. The van der Waals surface area contributed by atoms with E-state index in [-0.39, 0.29) is 5.75 Å². The van der Waals surface area contributed by atoms with Crippen LogP contribution in [0.3, 0.4) is 0 Å². The van der Waals surface area contributed by atoms with E-state index in [1.807, 2.05) is 13.0 Å². The number of hydrogen-bond acceptors (Lipinski definition) is 5. The molecule has 0 amide bonds. The van der Waals surface area contributed by atoms with Gasteiger partial charge in [0.1, 0.15) is 11.6 Å². The zero-order valence-corrected chi connectivity index (χ0v) is 9.71. The van der Waals surface area contributed by atoms with Gasteiger partial charge in [-0.2, -0.15) is 0 Å². The first-order valence-corrected chi connectivity index (χ1v) is 6.68. The summed E-state index contributed by atoms with van der Waals surface area (Å²) in [6.45, 7) is 2.31. The third-order valence-corrected chi connectivity index (χ3v) is 2.53. The van der Waals surface area contributed by atoms with Crippen molar-refractivity contribution in [3.63, 3.8) is 0 Å². The van der Waals surface area contributed by atoms with Gasteiger partial charge in [-0.25, -0.2) is 18.4 Å². The van der Waals surface area contributed by atoms with Crippen LogP contribution in [-0.2, 0) is 22.0 Å². The minimum atomic E-state index is -3.08. The Balaban J connectivity index is 2.98. The van der Waals surface area contributed by atoms with Crippen molar-refractivity contribution in [1.82, 2.24) is 9.97 Å². The second kappa shape index (κ2) is 4.67. The Bertz CT molecular complexity index is 443. The average Bonchev–Trinajstić information content (AvgIpc) is 1.99. The fourth-order valence-corrected chi connectivity index (χ4v) is 1.87. The molecule has 0 aliphatic carbocycles. The van der Waals surface area contributed by atoms with Crippen LogP contribution in [0.4, 0.5) is 0 Å². The van der Waals surface area contributed by atoms with Gasteiger partial charge < -0.3 is 5.73 Å². The van der Waals surface area contributed by atoms with E-state index >= 15 is 0 Å². The lowest BCUT2D eigenvalue weighted by molar-refractivity contribution is 0.599. The second-order valence-corrected chi connectivity index (χ2v) is 5.67. The Labute approximate surface area is 89.7 Å². The maximum atomic E-state index is 11.1. The fourth-order valence-electron chi connectivity index (χ4n) is 1.28. The maximum Gasteiger partial charge on any atom is 0.154 e. The van der Waals surface area contributed by atoms with Gasteiger partial charge in [0.15, 0.2) is 9.84 Å². The third-order valence-electron chi connectivity index (χ3n) is 1.75. The fraction of sp³-hybridized carbons (Fsp3) is 0.556. The summed E-state index contributed by atoms with van der Waals surface area (Å²) >= 11 is 0. The van der Waals surface area contributed by atoms with Gasteiger partial charge in [-0.05, 0) is 19.5 Å². The Hall–Kier alpha value is -1.01. The van der Waals surface area contributed by atoms with Crippen LogP contribution in [0.15, 0.2) is 6.07 Å². The second-order valence-electron chi connectivity index (χ2n) is 3.53. The lowest BCUT2D eigenvalue weighted by Gasteiger charge is -2.04. The van der Waals surface area contributed by atoms with Gasteiger partial charge in [0.05, 0.1) is 0 Å². The molecule has 1 aromatic heterocycles. The summed E-state index contributed by atoms with van der Waals surface area (Å²) in [6, 6.07) is 1.82. The Kier molecular flexibility index (Phi) is 3.76. The summed E-state index contributed by atoms with van der Waals surface area (Å²) in [7, 11) is -3.08. The molecule has 6 heteroatoms. The van der Waals surface area contributed by atoms with E-state index in [2.05, 4.69) is 9.97 Å². The molecule has 0 radical (unpaired) electrons. The van der Waals surface area contributed by atoms with Crippen LogP contribution in [0.1, 0.15) is 17.2 Å². The van der Waals surface area contributed by atoms with Gasteiger partial charge in [-0.3, -0.25) is 0 Å². The molecule has 1 aromatic rings.